The number of carbonyl (C=O) groups is 3. The van der Waals surface area contributed by atoms with Crippen LogP contribution in [0.3, 0.4) is 0 Å². The van der Waals surface area contributed by atoms with Crippen LogP contribution in [0.2, 0.25) is 0 Å². The smallest absolute Gasteiger partial charge is 0.331 e. The van der Waals surface area contributed by atoms with Gasteiger partial charge in [-0.25, -0.2) is 4.79 Å². The van der Waals surface area contributed by atoms with Gasteiger partial charge in [-0.05, 0) is 37.3 Å². The number of amides is 2. The summed E-state index contributed by atoms with van der Waals surface area (Å²) in [4.78, 5) is 40.2. The van der Waals surface area contributed by atoms with Gasteiger partial charge in [0.15, 0.2) is 6.61 Å². The number of benzene rings is 2. The summed E-state index contributed by atoms with van der Waals surface area (Å²) in [5, 5.41) is 6.25. The molecule has 0 spiro atoms. The fourth-order valence-corrected chi connectivity index (χ4v) is 2.80. The van der Waals surface area contributed by atoms with Crippen LogP contribution in [0.15, 0.2) is 66.9 Å². The van der Waals surface area contributed by atoms with E-state index in [1.807, 2.05) is 37.3 Å². The van der Waals surface area contributed by atoms with Crippen molar-refractivity contribution in [3.63, 3.8) is 0 Å². The number of nitrogens with one attached hydrogen (secondary N) is 2. The minimum atomic E-state index is -0.644. The Kier molecular flexibility index (Phi) is 6.89. The standard InChI is InChI=1S/C23H21N3O4/c1-2-24-23(29)18-8-4-10-19(14-18)26-20(27)15-30-21(28)12-11-17-7-3-6-16-9-5-13-25-22(16)17/h3-14H,2,15H2,1H3,(H,24,29)(H,26,27)/b12-11+. The first-order valence-corrected chi connectivity index (χ1v) is 9.43. The van der Waals surface area contributed by atoms with Crippen LogP contribution in [-0.2, 0) is 14.3 Å². The first-order valence-electron chi connectivity index (χ1n) is 9.43. The Morgan fingerprint density at radius 1 is 1.07 bits per heavy atom. The summed E-state index contributed by atoms with van der Waals surface area (Å²) in [6.45, 7) is 1.89. The van der Waals surface area contributed by atoms with Gasteiger partial charge in [-0.2, -0.15) is 0 Å². The molecule has 0 fully saturated rings. The van der Waals surface area contributed by atoms with Gasteiger partial charge in [-0.1, -0.05) is 30.3 Å². The second kappa shape index (κ2) is 9.97. The summed E-state index contributed by atoms with van der Waals surface area (Å²) in [6.07, 6.45) is 4.54. The highest BCUT2D eigenvalue weighted by atomic mass is 16.5. The molecular weight excluding hydrogens is 382 g/mol. The van der Waals surface area contributed by atoms with Crippen LogP contribution in [0.1, 0.15) is 22.8 Å². The Morgan fingerprint density at radius 3 is 2.70 bits per heavy atom. The van der Waals surface area contributed by atoms with Crippen molar-refractivity contribution in [3.05, 3.63) is 78.0 Å². The monoisotopic (exact) mass is 403 g/mol. The second-order valence-corrected chi connectivity index (χ2v) is 6.35. The molecule has 1 aromatic heterocycles. The predicted molar refractivity (Wildman–Crippen MR) is 115 cm³/mol. The van der Waals surface area contributed by atoms with E-state index in [9.17, 15) is 14.4 Å². The molecule has 0 saturated carbocycles. The Bertz CT molecular complexity index is 1100. The first-order chi connectivity index (χ1) is 14.6. The van der Waals surface area contributed by atoms with Gasteiger partial charge < -0.3 is 15.4 Å². The number of ether oxygens (including phenoxy) is 1. The van der Waals surface area contributed by atoms with Crippen molar-refractivity contribution < 1.29 is 19.1 Å². The van der Waals surface area contributed by atoms with Crippen molar-refractivity contribution in [1.82, 2.24) is 10.3 Å². The molecule has 3 aromatic rings. The minimum absolute atomic E-state index is 0.229. The summed E-state index contributed by atoms with van der Waals surface area (Å²) in [5.74, 6) is -1.38. The third-order valence-electron chi connectivity index (χ3n) is 4.15. The van der Waals surface area contributed by atoms with E-state index >= 15 is 0 Å². The van der Waals surface area contributed by atoms with Crippen molar-refractivity contribution in [2.24, 2.45) is 0 Å². The lowest BCUT2D eigenvalue weighted by molar-refractivity contribution is -0.142. The molecule has 0 aliphatic heterocycles. The van der Waals surface area contributed by atoms with E-state index < -0.39 is 18.5 Å². The summed E-state index contributed by atoms with van der Waals surface area (Å²) in [7, 11) is 0. The highest BCUT2D eigenvalue weighted by Gasteiger charge is 2.09. The van der Waals surface area contributed by atoms with Crippen LogP contribution in [-0.4, -0.2) is 35.9 Å². The Balaban J connectivity index is 1.54. The van der Waals surface area contributed by atoms with Crippen LogP contribution >= 0.6 is 0 Å². The number of fused-ring (bicyclic) bond motifs is 1. The molecule has 30 heavy (non-hydrogen) atoms. The highest BCUT2D eigenvalue weighted by Crippen LogP contribution is 2.17. The number of para-hydroxylation sites is 1. The fraction of sp³-hybridized carbons (Fsp3) is 0.130. The van der Waals surface area contributed by atoms with Crippen molar-refractivity contribution >= 4 is 40.4 Å². The number of rotatable bonds is 7. The molecule has 2 amide bonds. The lowest BCUT2D eigenvalue weighted by atomic mass is 10.1. The van der Waals surface area contributed by atoms with Crippen LogP contribution in [0, 0.1) is 0 Å². The van der Waals surface area contributed by atoms with E-state index in [1.165, 1.54) is 6.08 Å². The molecule has 0 unspecified atom stereocenters. The molecule has 7 nitrogen and oxygen atoms in total. The Labute approximate surface area is 173 Å². The van der Waals surface area contributed by atoms with Gasteiger partial charge in [0, 0.05) is 41.0 Å². The van der Waals surface area contributed by atoms with Gasteiger partial charge in [-0.15, -0.1) is 0 Å². The van der Waals surface area contributed by atoms with E-state index in [-0.39, 0.29) is 5.91 Å². The summed E-state index contributed by atoms with van der Waals surface area (Å²) >= 11 is 0. The molecule has 0 atom stereocenters. The largest absolute Gasteiger partial charge is 0.452 e. The summed E-state index contributed by atoms with van der Waals surface area (Å²) in [5.41, 5.74) is 2.42. The Hall–Kier alpha value is -4.00. The molecule has 1 heterocycles. The molecule has 0 bridgehead atoms. The van der Waals surface area contributed by atoms with Gasteiger partial charge in [0.2, 0.25) is 0 Å². The molecule has 3 rings (SSSR count). The van der Waals surface area contributed by atoms with E-state index in [0.29, 0.717) is 17.8 Å². The number of nitrogens with zero attached hydrogens (tertiary/aromatic N) is 1. The topological polar surface area (TPSA) is 97.4 Å². The molecule has 0 radical (unpaired) electrons. The number of pyridine rings is 1. The van der Waals surface area contributed by atoms with E-state index in [1.54, 1.807) is 36.5 Å². The van der Waals surface area contributed by atoms with Crippen LogP contribution < -0.4 is 10.6 Å². The zero-order valence-electron chi connectivity index (χ0n) is 16.4. The van der Waals surface area contributed by atoms with Crippen molar-refractivity contribution in [3.8, 4) is 0 Å². The zero-order chi connectivity index (χ0) is 21.3. The lowest BCUT2D eigenvalue weighted by Crippen LogP contribution is -2.23. The van der Waals surface area contributed by atoms with Crippen molar-refractivity contribution in [2.45, 2.75) is 6.92 Å². The number of hydrogen-bond acceptors (Lipinski definition) is 5. The van der Waals surface area contributed by atoms with Gasteiger partial charge in [-0.3, -0.25) is 14.6 Å². The molecule has 7 heteroatoms. The number of aromatic nitrogens is 1. The quantitative estimate of drug-likeness (QED) is 0.466. The minimum Gasteiger partial charge on any atom is -0.452 e. The third kappa shape index (κ3) is 5.51. The zero-order valence-corrected chi connectivity index (χ0v) is 16.4. The molecule has 2 N–H and O–H groups in total. The van der Waals surface area contributed by atoms with Gasteiger partial charge in [0.05, 0.1) is 5.52 Å². The molecule has 0 saturated heterocycles. The Morgan fingerprint density at radius 2 is 1.87 bits per heavy atom. The molecule has 152 valence electrons. The number of carbonyl (C=O) groups excluding carboxylic acids is 3. The van der Waals surface area contributed by atoms with E-state index in [4.69, 9.17) is 4.74 Å². The second-order valence-electron chi connectivity index (χ2n) is 6.35. The van der Waals surface area contributed by atoms with Gasteiger partial charge in [0.1, 0.15) is 0 Å². The predicted octanol–water partition coefficient (Wildman–Crippen LogP) is 3.18. The maximum absolute atomic E-state index is 12.0. The number of hydrogen-bond donors (Lipinski definition) is 2. The molecule has 0 aliphatic carbocycles. The summed E-state index contributed by atoms with van der Waals surface area (Å²) in [6, 6.07) is 15.9. The average Bonchev–Trinajstić information content (AvgIpc) is 2.76. The average molecular weight is 403 g/mol. The molecular formula is C23H21N3O4. The van der Waals surface area contributed by atoms with Gasteiger partial charge in [0.25, 0.3) is 11.8 Å². The van der Waals surface area contributed by atoms with Crippen molar-refractivity contribution in [1.29, 1.82) is 0 Å². The maximum Gasteiger partial charge on any atom is 0.331 e. The SMILES string of the molecule is CCNC(=O)c1cccc(NC(=O)COC(=O)/C=C/c2cccc3cccnc23)c1. The van der Waals surface area contributed by atoms with E-state index in [2.05, 4.69) is 15.6 Å². The van der Waals surface area contributed by atoms with Crippen LogP contribution in [0.5, 0.6) is 0 Å². The number of anilines is 1. The molecule has 0 aliphatic rings. The number of esters is 1. The van der Waals surface area contributed by atoms with Crippen LogP contribution in [0.4, 0.5) is 5.69 Å². The normalized spacial score (nSPS) is 10.7. The van der Waals surface area contributed by atoms with Crippen molar-refractivity contribution in [2.75, 3.05) is 18.5 Å². The first kappa shape index (κ1) is 20.7. The highest BCUT2D eigenvalue weighted by molar-refractivity contribution is 5.98. The van der Waals surface area contributed by atoms with Crippen LogP contribution in [0.25, 0.3) is 17.0 Å². The third-order valence-corrected chi connectivity index (χ3v) is 4.15. The maximum atomic E-state index is 12.0. The summed E-state index contributed by atoms with van der Waals surface area (Å²) < 4.78 is 4.99. The van der Waals surface area contributed by atoms with E-state index in [0.717, 1.165) is 16.5 Å². The fourth-order valence-electron chi connectivity index (χ4n) is 2.80. The van der Waals surface area contributed by atoms with Gasteiger partial charge >= 0.3 is 5.97 Å². The lowest BCUT2D eigenvalue weighted by Gasteiger charge is -2.07. The molecule has 2 aromatic carbocycles.